The van der Waals surface area contributed by atoms with Gasteiger partial charge in [-0.25, -0.2) is 0 Å². The van der Waals surface area contributed by atoms with Gasteiger partial charge in [0.05, 0.1) is 7.11 Å². The van der Waals surface area contributed by atoms with Crippen molar-refractivity contribution < 1.29 is 9.47 Å². The van der Waals surface area contributed by atoms with Crippen LogP contribution in [0.1, 0.15) is 18.1 Å². The lowest BCUT2D eigenvalue weighted by Gasteiger charge is -2.10. The fourth-order valence-electron chi connectivity index (χ4n) is 1.81. The van der Waals surface area contributed by atoms with E-state index in [1.807, 2.05) is 42.5 Å². The lowest BCUT2D eigenvalue weighted by Crippen LogP contribution is -2.00. The van der Waals surface area contributed by atoms with Crippen LogP contribution in [-0.4, -0.2) is 13.0 Å². The minimum absolute atomic E-state index is 0.153. The summed E-state index contributed by atoms with van der Waals surface area (Å²) in [5, 5.41) is 7.57. The first kappa shape index (κ1) is 13.1. The van der Waals surface area contributed by atoms with Gasteiger partial charge in [0.2, 0.25) is 5.90 Å². The number of para-hydroxylation sites is 1. The van der Waals surface area contributed by atoms with Gasteiger partial charge in [0.1, 0.15) is 11.5 Å². The summed E-state index contributed by atoms with van der Waals surface area (Å²) in [5.74, 6) is 1.79. The summed E-state index contributed by atoms with van der Waals surface area (Å²) in [7, 11) is 1.49. The highest BCUT2D eigenvalue weighted by Crippen LogP contribution is 2.25. The Kier molecular flexibility index (Phi) is 4.18. The molecule has 0 aliphatic carbocycles. The highest BCUT2D eigenvalue weighted by Gasteiger charge is 2.04. The molecular weight excluding hydrogens is 238 g/mol. The normalized spacial score (nSPS) is 10.0. The molecule has 2 rings (SSSR count). The molecule has 19 heavy (non-hydrogen) atoms. The second-order valence-corrected chi connectivity index (χ2v) is 4.12. The quantitative estimate of drug-likeness (QED) is 0.662. The molecule has 3 nitrogen and oxygen atoms in total. The molecule has 0 radical (unpaired) electrons. The third kappa shape index (κ3) is 3.13. The third-order valence-electron chi connectivity index (χ3n) is 2.90. The molecular formula is C16H17NO2. The predicted molar refractivity (Wildman–Crippen MR) is 76.2 cm³/mol. The molecule has 98 valence electrons. The first-order valence-electron chi connectivity index (χ1n) is 6.23. The van der Waals surface area contributed by atoms with Gasteiger partial charge in [-0.05, 0) is 42.3 Å². The SMILES string of the molecule is CCc1ccccc1Oc1ccc(C(=N)OC)cc1. The van der Waals surface area contributed by atoms with E-state index >= 15 is 0 Å². The zero-order valence-corrected chi connectivity index (χ0v) is 11.1. The second-order valence-electron chi connectivity index (χ2n) is 4.12. The molecule has 3 heteroatoms. The van der Waals surface area contributed by atoms with Crippen LogP contribution < -0.4 is 4.74 Å². The average molecular weight is 255 g/mol. The Morgan fingerprint density at radius 2 is 1.74 bits per heavy atom. The molecule has 0 saturated heterocycles. The summed E-state index contributed by atoms with van der Waals surface area (Å²) in [6, 6.07) is 15.3. The zero-order chi connectivity index (χ0) is 13.7. The fourth-order valence-corrected chi connectivity index (χ4v) is 1.81. The van der Waals surface area contributed by atoms with Crippen molar-refractivity contribution in [3.63, 3.8) is 0 Å². The summed E-state index contributed by atoms with van der Waals surface area (Å²) < 4.78 is 10.7. The molecule has 0 spiro atoms. The Bertz CT molecular complexity index is 561. The molecule has 0 amide bonds. The molecule has 0 fully saturated rings. The Morgan fingerprint density at radius 3 is 2.37 bits per heavy atom. The van der Waals surface area contributed by atoms with Crippen LogP contribution in [0.4, 0.5) is 0 Å². The van der Waals surface area contributed by atoms with Gasteiger partial charge in [0.25, 0.3) is 0 Å². The van der Waals surface area contributed by atoms with Crippen LogP contribution in [0.25, 0.3) is 0 Å². The van der Waals surface area contributed by atoms with Crippen molar-refractivity contribution in [2.75, 3.05) is 7.11 Å². The first-order chi connectivity index (χ1) is 9.24. The van der Waals surface area contributed by atoms with Crippen molar-refractivity contribution in [3.05, 3.63) is 59.7 Å². The number of methoxy groups -OCH3 is 1. The number of ether oxygens (including phenoxy) is 2. The van der Waals surface area contributed by atoms with E-state index in [2.05, 4.69) is 13.0 Å². The Morgan fingerprint density at radius 1 is 1.05 bits per heavy atom. The average Bonchev–Trinajstić information content (AvgIpc) is 2.48. The number of benzene rings is 2. The van der Waals surface area contributed by atoms with Crippen LogP contribution in [0.2, 0.25) is 0 Å². The van der Waals surface area contributed by atoms with Crippen LogP contribution in [-0.2, 0) is 11.2 Å². The molecule has 0 saturated carbocycles. The third-order valence-corrected chi connectivity index (χ3v) is 2.90. The number of hydrogen-bond acceptors (Lipinski definition) is 3. The Labute approximate surface area is 113 Å². The van der Waals surface area contributed by atoms with Crippen molar-refractivity contribution in [2.24, 2.45) is 0 Å². The summed E-state index contributed by atoms with van der Waals surface area (Å²) in [5.41, 5.74) is 1.91. The lowest BCUT2D eigenvalue weighted by atomic mass is 10.1. The van der Waals surface area contributed by atoms with Crippen LogP contribution in [0.3, 0.4) is 0 Å². The van der Waals surface area contributed by atoms with Gasteiger partial charge in [0.15, 0.2) is 0 Å². The van der Waals surface area contributed by atoms with Crippen molar-refractivity contribution >= 4 is 5.90 Å². The van der Waals surface area contributed by atoms with E-state index < -0.39 is 0 Å². The van der Waals surface area contributed by atoms with Gasteiger partial charge in [-0.2, -0.15) is 0 Å². The van der Waals surface area contributed by atoms with Crippen LogP contribution in [0.15, 0.2) is 48.5 Å². The fraction of sp³-hybridized carbons (Fsp3) is 0.188. The Balaban J connectivity index is 2.17. The van der Waals surface area contributed by atoms with Crippen LogP contribution in [0, 0.1) is 5.41 Å². The number of aryl methyl sites for hydroxylation is 1. The second kappa shape index (κ2) is 6.05. The standard InChI is InChI=1S/C16H17NO2/c1-3-12-6-4-5-7-15(12)19-14-10-8-13(9-11-14)16(17)18-2/h4-11,17H,3H2,1-2H3. The monoisotopic (exact) mass is 255 g/mol. The first-order valence-corrected chi connectivity index (χ1v) is 6.23. The summed E-state index contributed by atoms with van der Waals surface area (Å²) >= 11 is 0. The van der Waals surface area contributed by atoms with Gasteiger partial charge in [-0.15, -0.1) is 0 Å². The van der Waals surface area contributed by atoms with Crippen molar-refractivity contribution in [1.29, 1.82) is 5.41 Å². The molecule has 2 aromatic carbocycles. The molecule has 0 unspecified atom stereocenters. The number of rotatable bonds is 4. The summed E-state index contributed by atoms with van der Waals surface area (Å²) in [6.07, 6.45) is 0.933. The number of nitrogens with one attached hydrogen (secondary N) is 1. The summed E-state index contributed by atoms with van der Waals surface area (Å²) in [4.78, 5) is 0. The van der Waals surface area contributed by atoms with Gasteiger partial charge in [0, 0.05) is 5.56 Å². The molecule has 1 N–H and O–H groups in total. The van der Waals surface area contributed by atoms with E-state index in [4.69, 9.17) is 14.9 Å². The van der Waals surface area contributed by atoms with Gasteiger partial charge < -0.3 is 9.47 Å². The molecule has 0 aromatic heterocycles. The van der Waals surface area contributed by atoms with E-state index in [0.717, 1.165) is 23.5 Å². The lowest BCUT2D eigenvalue weighted by molar-refractivity contribution is 0.401. The predicted octanol–water partition coefficient (Wildman–Crippen LogP) is 4.01. The van der Waals surface area contributed by atoms with Crippen molar-refractivity contribution in [3.8, 4) is 11.5 Å². The Hall–Kier alpha value is -2.29. The zero-order valence-electron chi connectivity index (χ0n) is 11.1. The molecule has 0 heterocycles. The molecule has 0 aliphatic rings. The largest absolute Gasteiger partial charge is 0.481 e. The smallest absolute Gasteiger partial charge is 0.212 e. The maximum absolute atomic E-state index is 7.57. The molecule has 0 atom stereocenters. The maximum atomic E-state index is 7.57. The van der Waals surface area contributed by atoms with Gasteiger partial charge in [-0.1, -0.05) is 25.1 Å². The number of hydrogen-bond donors (Lipinski definition) is 1. The van der Waals surface area contributed by atoms with E-state index in [1.165, 1.54) is 12.7 Å². The van der Waals surface area contributed by atoms with E-state index in [9.17, 15) is 0 Å². The van der Waals surface area contributed by atoms with Crippen LogP contribution in [0.5, 0.6) is 11.5 Å². The minimum atomic E-state index is 0.153. The van der Waals surface area contributed by atoms with Crippen molar-refractivity contribution in [2.45, 2.75) is 13.3 Å². The summed E-state index contributed by atoms with van der Waals surface area (Å²) in [6.45, 7) is 2.10. The highest BCUT2D eigenvalue weighted by molar-refractivity contribution is 5.91. The molecule has 2 aromatic rings. The highest BCUT2D eigenvalue weighted by atomic mass is 16.5. The minimum Gasteiger partial charge on any atom is -0.481 e. The molecule has 0 aliphatic heterocycles. The van der Waals surface area contributed by atoms with Crippen molar-refractivity contribution in [1.82, 2.24) is 0 Å². The molecule has 0 bridgehead atoms. The van der Waals surface area contributed by atoms with Crippen LogP contribution >= 0.6 is 0 Å². The van der Waals surface area contributed by atoms with E-state index in [1.54, 1.807) is 0 Å². The topological polar surface area (TPSA) is 42.3 Å². The van der Waals surface area contributed by atoms with Gasteiger partial charge >= 0.3 is 0 Å². The maximum Gasteiger partial charge on any atom is 0.212 e. The van der Waals surface area contributed by atoms with E-state index in [-0.39, 0.29) is 5.90 Å². The van der Waals surface area contributed by atoms with Gasteiger partial charge in [-0.3, -0.25) is 5.41 Å². The van der Waals surface area contributed by atoms with E-state index in [0.29, 0.717) is 0 Å².